The second kappa shape index (κ2) is 11.3. The monoisotopic (exact) mass is 566 g/mol. The van der Waals surface area contributed by atoms with Crippen LogP contribution in [0.25, 0.3) is 10.2 Å². The normalized spacial score (nSPS) is 19.5. The molecular weight excluding hydrogens is 539 g/mol. The van der Waals surface area contributed by atoms with Crippen molar-refractivity contribution in [1.29, 1.82) is 0 Å². The number of halogens is 2. The fourth-order valence-electron chi connectivity index (χ4n) is 4.79. The number of aromatic nitrogens is 1. The summed E-state index contributed by atoms with van der Waals surface area (Å²) in [4.78, 5) is 22.5. The van der Waals surface area contributed by atoms with Gasteiger partial charge >= 0.3 is 0 Å². The van der Waals surface area contributed by atoms with Gasteiger partial charge in [-0.3, -0.25) is 14.6 Å². The number of morpholine rings is 1. The number of thiazole rings is 1. The van der Waals surface area contributed by atoms with E-state index in [1.165, 1.54) is 27.8 Å². The zero-order valence-corrected chi connectivity index (χ0v) is 22.6. The molecular formula is C25H28ClFN4O4S2. The minimum Gasteiger partial charge on any atom is -0.379 e. The summed E-state index contributed by atoms with van der Waals surface area (Å²) in [5, 5.41) is 1.00. The molecule has 1 atom stereocenters. The van der Waals surface area contributed by atoms with Gasteiger partial charge in [-0.25, -0.2) is 17.8 Å². The lowest BCUT2D eigenvalue weighted by Crippen LogP contribution is -2.48. The second-order valence-corrected chi connectivity index (χ2v) is 12.4. The number of hydrogen-bond acceptors (Lipinski definition) is 7. The highest BCUT2D eigenvalue weighted by Crippen LogP contribution is 2.35. The maximum Gasteiger partial charge on any atom is 0.247 e. The number of para-hydroxylation sites is 1. The quantitative estimate of drug-likeness (QED) is 0.410. The predicted molar refractivity (Wildman–Crippen MR) is 142 cm³/mol. The lowest BCUT2D eigenvalue weighted by molar-refractivity contribution is -0.121. The van der Waals surface area contributed by atoms with Gasteiger partial charge in [-0.2, -0.15) is 4.31 Å². The molecule has 2 saturated heterocycles. The molecule has 5 rings (SSSR count). The number of nitrogens with zero attached hydrogens (tertiary/aromatic N) is 4. The number of fused-ring (bicyclic) bond motifs is 1. The average molecular weight is 567 g/mol. The Kier molecular flexibility index (Phi) is 8.08. The number of carbonyl (C=O) groups is 1. The lowest BCUT2D eigenvalue weighted by atomic mass is 10.2. The van der Waals surface area contributed by atoms with E-state index >= 15 is 0 Å². The van der Waals surface area contributed by atoms with Crippen LogP contribution in [0.15, 0.2) is 47.4 Å². The van der Waals surface area contributed by atoms with E-state index in [0.29, 0.717) is 54.7 Å². The number of benzene rings is 2. The molecule has 198 valence electrons. The van der Waals surface area contributed by atoms with Gasteiger partial charge in [-0.05, 0) is 55.7 Å². The first kappa shape index (κ1) is 26.5. The molecule has 1 amide bonds. The van der Waals surface area contributed by atoms with Gasteiger partial charge in [-0.15, -0.1) is 0 Å². The molecule has 3 aromatic rings. The molecule has 0 N–H and O–H groups in total. The van der Waals surface area contributed by atoms with Gasteiger partial charge < -0.3 is 4.74 Å². The van der Waals surface area contributed by atoms with Crippen LogP contribution in [-0.4, -0.2) is 80.5 Å². The van der Waals surface area contributed by atoms with Gasteiger partial charge in [0.2, 0.25) is 15.9 Å². The number of rotatable bonds is 8. The first-order valence-corrected chi connectivity index (χ1v) is 14.9. The van der Waals surface area contributed by atoms with Crippen LogP contribution in [0.1, 0.15) is 19.3 Å². The molecule has 1 unspecified atom stereocenters. The van der Waals surface area contributed by atoms with E-state index < -0.39 is 21.9 Å². The Morgan fingerprint density at radius 1 is 1.16 bits per heavy atom. The molecule has 2 aliphatic rings. The van der Waals surface area contributed by atoms with Crippen molar-refractivity contribution in [2.75, 3.05) is 50.8 Å². The van der Waals surface area contributed by atoms with Crippen molar-refractivity contribution in [3.63, 3.8) is 0 Å². The molecule has 0 spiro atoms. The Labute approximate surface area is 224 Å². The molecule has 8 nitrogen and oxygen atoms in total. The first-order chi connectivity index (χ1) is 17.8. The summed E-state index contributed by atoms with van der Waals surface area (Å²) in [6.07, 6.45) is 1.67. The molecule has 0 saturated carbocycles. The van der Waals surface area contributed by atoms with Crippen LogP contribution in [-0.2, 0) is 19.6 Å². The number of carbonyl (C=O) groups excluding carboxylic acids is 1. The van der Waals surface area contributed by atoms with Gasteiger partial charge in [0, 0.05) is 32.7 Å². The molecule has 12 heteroatoms. The maximum atomic E-state index is 14.0. The van der Waals surface area contributed by atoms with Crippen molar-refractivity contribution in [3.05, 3.63) is 53.3 Å². The molecule has 1 aromatic heterocycles. The third-order valence-corrected chi connectivity index (χ3v) is 10.00. The minimum absolute atomic E-state index is 0.0285. The third-order valence-electron chi connectivity index (χ3n) is 6.72. The Morgan fingerprint density at radius 2 is 1.92 bits per heavy atom. The molecule has 2 fully saturated rings. The van der Waals surface area contributed by atoms with E-state index in [4.69, 9.17) is 16.3 Å². The van der Waals surface area contributed by atoms with Crippen LogP contribution in [0, 0.1) is 5.82 Å². The Balaban J connectivity index is 1.42. The third kappa shape index (κ3) is 5.67. The smallest absolute Gasteiger partial charge is 0.247 e. The fraction of sp³-hybridized carbons (Fsp3) is 0.440. The van der Waals surface area contributed by atoms with Crippen molar-refractivity contribution in [2.45, 2.75) is 30.2 Å². The van der Waals surface area contributed by atoms with Gasteiger partial charge in [0.25, 0.3) is 0 Å². The average Bonchev–Trinajstić information content (AvgIpc) is 3.56. The van der Waals surface area contributed by atoms with Gasteiger partial charge in [0.15, 0.2) is 5.13 Å². The van der Waals surface area contributed by atoms with Gasteiger partial charge in [0.1, 0.15) is 17.4 Å². The number of anilines is 1. The van der Waals surface area contributed by atoms with E-state index in [2.05, 4.69) is 9.88 Å². The fourth-order valence-corrected chi connectivity index (χ4v) is 7.74. The van der Waals surface area contributed by atoms with Crippen LogP contribution in [0.3, 0.4) is 0 Å². The minimum atomic E-state index is -3.98. The Hall–Kier alpha value is -2.15. The van der Waals surface area contributed by atoms with Crippen molar-refractivity contribution in [1.82, 2.24) is 14.2 Å². The number of sulfonamides is 1. The summed E-state index contributed by atoms with van der Waals surface area (Å²) in [6.45, 7) is 4.49. The Bertz CT molecular complexity index is 1360. The summed E-state index contributed by atoms with van der Waals surface area (Å²) in [5.41, 5.74) is 0.623. The molecule has 2 aromatic carbocycles. The standard InChI is InChI=1S/C25H28ClFN4O4S2/c26-20-4-1-6-22-23(20)28-25(36-22)30(12-3-11-29-14-16-35-17-15-29)24(32)21-5-2-13-31(21)37(33,34)19-9-7-18(27)8-10-19/h1,4,6-10,21H,2-3,5,11-17H2. The van der Waals surface area contributed by atoms with Gasteiger partial charge in [-0.1, -0.05) is 29.0 Å². The van der Waals surface area contributed by atoms with Crippen LogP contribution in [0.4, 0.5) is 9.52 Å². The van der Waals surface area contributed by atoms with Gasteiger partial charge in [0.05, 0.1) is 27.8 Å². The highest BCUT2D eigenvalue weighted by molar-refractivity contribution is 7.89. The number of hydrogen-bond donors (Lipinski definition) is 0. The Morgan fingerprint density at radius 3 is 2.65 bits per heavy atom. The molecule has 2 aliphatic heterocycles. The van der Waals surface area contributed by atoms with Crippen molar-refractivity contribution >= 4 is 54.2 Å². The highest BCUT2D eigenvalue weighted by atomic mass is 35.5. The van der Waals surface area contributed by atoms with E-state index in [9.17, 15) is 17.6 Å². The lowest BCUT2D eigenvalue weighted by Gasteiger charge is -2.30. The molecule has 0 bridgehead atoms. The summed E-state index contributed by atoms with van der Waals surface area (Å²) in [7, 11) is -3.98. The number of amides is 1. The second-order valence-electron chi connectivity index (χ2n) is 9.11. The summed E-state index contributed by atoms with van der Waals surface area (Å²) in [5.74, 6) is -0.825. The first-order valence-electron chi connectivity index (χ1n) is 12.3. The van der Waals surface area contributed by atoms with E-state index in [1.807, 2.05) is 12.1 Å². The van der Waals surface area contributed by atoms with E-state index in [1.54, 1.807) is 11.0 Å². The maximum absolute atomic E-state index is 14.0. The van der Waals surface area contributed by atoms with E-state index in [-0.39, 0.29) is 17.3 Å². The molecule has 3 heterocycles. The topological polar surface area (TPSA) is 83.1 Å². The summed E-state index contributed by atoms with van der Waals surface area (Å²) >= 11 is 7.72. The van der Waals surface area contributed by atoms with Crippen LogP contribution in [0.2, 0.25) is 5.02 Å². The molecule has 37 heavy (non-hydrogen) atoms. The zero-order chi connectivity index (χ0) is 26.0. The molecule has 0 aliphatic carbocycles. The van der Waals surface area contributed by atoms with Crippen LogP contribution >= 0.6 is 22.9 Å². The SMILES string of the molecule is O=C(C1CCCN1S(=O)(=O)c1ccc(F)cc1)N(CCCN1CCOCC1)c1nc2c(Cl)cccc2s1. The van der Waals surface area contributed by atoms with Crippen molar-refractivity contribution in [2.24, 2.45) is 0 Å². The van der Waals surface area contributed by atoms with Crippen LogP contribution < -0.4 is 4.90 Å². The van der Waals surface area contributed by atoms with Crippen LogP contribution in [0.5, 0.6) is 0 Å². The highest BCUT2D eigenvalue weighted by Gasteiger charge is 2.42. The number of ether oxygens (including phenoxy) is 1. The predicted octanol–water partition coefficient (Wildman–Crippen LogP) is 4.00. The molecule has 0 radical (unpaired) electrons. The zero-order valence-electron chi connectivity index (χ0n) is 20.2. The van der Waals surface area contributed by atoms with Crippen molar-refractivity contribution in [3.8, 4) is 0 Å². The summed E-state index contributed by atoms with van der Waals surface area (Å²) in [6, 6.07) is 9.34. The largest absolute Gasteiger partial charge is 0.379 e. The van der Waals surface area contributed by atoms with Crippen molar-refractivity contribution < 1.29 is 22.3 Å². The van der Waals surface area contributed by atoms with E-state index in [0.717, 1.165) is 36.5 Å². The summed E-state index contributed by atoms with van der Waals surface area (Å²) < 4.78 is 47.8.